The first-order valence-electron chi connectivity index (χ1n) is 11.1. The first-order valence-corrected chi connectivity index (χ1v) is 11.4. The van der Waals surface area contributed by atoms with Crippen molar-refractivity contribution in [3.8, 4) is 0 Å². The Balaban J connectivity index is 1.32. The van der Waals surface area contributed by atoms with Gasteiger partial charge in [-0.2, -0.15) is 5.10 Å². The summed E-state index contributed by atoms with van der Waals surface area (Å²) in [4.78, 5) is 41.5. The van der Waals surface area contributed by atoms with E-state index in [1.165, 1.54) is 0 Å². The summed E-state index contributed by atoms with van der Waals surface area (Å²) in [5, 5.41) is 7.96. The van der Waals surface area contributed by atoms with E-state index in [1.807, 2.05) is 24.1 Å². The van der Waals surface area contributed by atoms with Crippen molar-refractivity contribution in [1.82, 2.24) is 24.9 Å². The van der Waals surface area contributed by atoms with Crippen LogP contribution in [0.1, 0.15) is 53.0 Å². The van der Waals surface area contributed by atoms with Crippen LogP contribution in [-0.4, -0.2) is 56.9 Å². The Morgan fingerprint density at radius 2 is 1.75 bits per heavy atom. The molecule has 2 aliphatic heterocycles. The quantitative estimate of drug-likeness (QED) is 0.721. The summed E-state index contributed by atoms with van der Waals surface area (Å²) in [5.74, 6) is -0.298. The number of carbonyl (C=O) groups excluding carboxylic acids is 3. The zero-order valence-corrected chi connectivity index (χ0v) is 19.0. The highest BCUT2D eigenvalue weighted by Crippen LogP contribution is 2.25. The largest absolute Gasteiger partial charge is 0.352 e. The van der Waals surface area contributed by atoms with E-state index in [9.17, 15) is 14.4 Å². The third kappa shape index (κ3) is 4.96. The second-order valence-electron chi connectivity index (χ2n) is 8.37. The van der Waals surface area contributed by atoms with Crippen molar-refractivity contribution in [3.63, 3.8) is 0 Å². The van der Waals surface area contributed by atoms with Crippen LogP contribution in [0.2, 0.25) is 5.02 Å². The third-order valence-corrected chi connectivity index (χ3v) is 6.41. The number of halogens is 1. The van der Waals surface area contributed by atoms with Gasteiger partial charge in [-0.25, -0.2) is 0 Å². The number of nitrogens with zero attached hydrogens (tertiary/aromatic N) is 4. The van der Waals surface area contributed by atoms with E-state index in [2.05, 4.69) is 10.4 Å². The normalized spacial score (nSPS) is 15.6. The Hall–Kier alpha value is -2.87. The summed E-state index contributed by atoms with van der Waals surface area (Å²) < 4.78 is 1.77. The molecule has 0 unspecified atom stereocenters. The molecule has 3 heterocycles. The molecule has 2 aliphatic rings. The predicted octanol–water partition coefficient (Wildman–Crippen LogP) is 2.29. The van der Waals surface area contributed by atoms with E-state index >= 15 is 0 Å². The first-order chi connectivity index (χ1) is 15.4. The number of aromatic nitrogens is 2. The third-order valence-electron chi connectivity index (χ3n) is 6.16. The van der Waals surface area contributed by atoms with E-state index in [1.54, 1.807) is 21.7 Å². The molecule has 0 saturated carbocycles. The van der Waals surface area contributed by atoms with Crippen LogP contribution in [0.3, 0.4) is 0 Å². The van der Waals surface area contributed by atoms with Gasteiger partial charge < -0.3 is 15.1 Å². The molecule has 1 aromatic heterocycles. The highest BCUT2D eigenvalue weighted by atomic mass is 35.5. The smallest absolute Gasteiger partial charge is 0.274 e. The maximum atomic E-state index is 12.9. The molecule has 1 N–H and O–H groups in total. The molecule has 1 saturated heterocycles. The van der Waals surface area contributed by atoms with Gasteiger partial charge in [0, 0.05) is 75.3 Å². The molecule has 32 heavy (non-hydrogen) atoms. The highest BCUT2D eigenvalue weighted by Gasteiger charge is 2.31. The number of aryl methyl sites for hydroxylation is 1. The summed E-state index contributed by atoms with van der Waals surface area (Å²) in [7, 11) is 1.85. The molecule has 0 spiro atoms. The number of rotatable bonds is 6. The predicted molar refractivity (Wildman–Crippen MR) is 120 cm³/mol. The van der Waals surface area contributed by atoms with Crippen LogP contribution in [0.25, 0.3) is 0 Å². The number of carbonyl (C=O) groups is 3. The van der Waals surface area contributed by atoms with Gasteiger partial charge in [0.15, 0.2) is 5.69 Å². The number of hydrogen-bond donors (Lipinski definition) is 1. The number of nitrogens with one attached hydrogen (secondary N) is 1. The van der Waals surface area contributed by atoms with Crippen LogP contribution in [0.5, 0.6) is 0 Å². The summed E-state index contributed by atoms with van der Waals surface area (Å²) >= 11 is 5.87. The van der Waals surface area contributed by atoms with E-state index in [4.69, 9.17) is 11.6 Å². The Bertz CT molecular complexity index is 1010. The molecule has 0 atom stereocenters. The lowest BCUT2D eigenvalue weighted by atomic mass is 10.0. The second-order valence-corrected chi connectivity index (χ2v) is 8.80. The summed E-state index contributed by atoms with van der Waals surface area (Å²) in [6.45, 7) is 2.85. The average Bonchev–Trinajstić information content (AvgIpc) is 3.45. The van der Waals surface area contributed by atoms with Crippen LogP contribution >= 0.6 is 11.6 Å². The fraction of sp³-hybridized carbons (Fsp3) is 0.478. The SMILES string of the molecule is Cn1nc(C(=O)N2CCCC2)c2c1CCN(C(=O)CCC(=O)NCc1ccc(Cl)cc1)C2. The zero-order chi connectivity index (χ0) is 22.7. The van der Waals surface area contributed by atoms with Gasteiger partial charge in [-0.15, -0.1) is 0 Å². The molecule has 8 nitrogen and oxygen atoms in total. The van der Waals surface area contributed by atoms with E-state index in [0.717, 1.165) is 42.8 Å². The van der Waals surface area contributed by atoms with Crippen LogP contribution in [0, 0.1) is 0 Å². The Kier molecular flexibility index (Phi) is 6.79. The van der Waals surface area contributed by atoms with Crippen molar-refractivity contribution in [1.29, 1.82) is 0 Å². The molecule has 1 fully saturated rings. The fourth-order valence-corrected chi connectivity index (χ4v) is 4.44. The minimum Gasteiger partial charge on any atom is -0.352 e. The fourth-order valence-electron chi connectivity index (χ4n) is 4.32. The molecule has 4 rings (SSSR count). The van der Waals surface area contributed by atoms with Gasteiger partial charge in [-0.05, 0) is 30.5 Å². The monoisotopic (exact) mass is 457 g/mol. The van der Waals surface area contributed by atoms with Crippen molar-refractivity contribution in [2.45, 2.75) is 45.2 Å². The first kappa shape index (κ1) is 22.3. The summed E-state index contributed by atoms with van der Waals surface area (Å²) in [6.07, 6.45) is 2.96. The molecule has 3 amide bonds. The molecule has 0 radical (unpaired) electrons. The van der Waals surface area contributed by atoms with Crippen molar-refractivity contribution in [3.05, 3.63) is 51.8 Å². The van der Waals surface area contributed by atoms with E-state index in [-0.39, 0.29) is 30.6 Å². The molecular formula is C23H28ClN5O3. The number of benzene rings is 1. The van der Waals surface area contributed by atoms with Gasteiger partial charge in [0.1, 0.15) is 0 Å². The molecule has 0 bridgehead atoms. The van der Waals surface area contributed by atoms with E-state index < -0.39 is 0 Å². The summed E-state index contributed by atoms with van der Waals surface area (Å²) in [6, 6.07) is 7.26. The molecular weight excluding hydrogens is 430 g/mol. The van der Waals surface area contributed by atoms with Crippen molar-refractivity contribution in [2.75, 3.05) is 19.6 Å². The Morgan fingerprint density at radius 1 is 1.03 bits per heavy atom. The molecule has 9 heteroatoms. The standard InChI is InChI=1S/C23H28ClN5O3/c1-27-19-10-13-29(15-18(19)22(26-27)23(32)28-11-2-3-12-28)21(31)9-8-20(30)25-14-16-4-6-17(24)7-5-16/h4-7H,2-3,8-15H2,1H3,(H,25,30). The lowest BCUT2D eigenvalue weighted by molar-refractivity contribution is -0.134. The van der Waals surface area contributed by atoms with Gasteiger partial charge in [0.2, 0.25) is 11.8 Å². The number of hydrogen-bond acceptors (Lipinski definition) is 4. The van der Waals surface area contributed by atoms with E-state index in [0.29, 0.717) is 36.8 Å². The average molecular weight is 458 g/mol. The van der Waals surface area contributed by atoms with Crippen LogP contribution in [0.4, 0.5) is 0 Å². The Labute approximate surface area is 192 Å². The lowest BCUT2D eigenvalue weighted by Gasteiger charge is -2.28. The maximum Gasteiger partial charge on any atom is 0.274 e. The summed E-state index contributed by atoms with van der Waals surface area (Å²) in [5.41, 5.74) is 3.26. The number of amides is 3. The van der Waals surface area contributed by atoms with Crippen LogP contribution in [0.15, 0.2) is 24.3 Å². The van der Waals surface area contributed by atoms with Gasteiger partial charge in [-0.1, -0.05) is 23.7 Å². The lowest BCUT2D eigenvalue weighted by Crippen LogP contribution is -2.38. The molecule has 1 aromatic carbocycles. The van der Waals surface area contributed by atoms with Crippen molar-refractivity contribution >= 4 is 29.3 Å². The van der Waals surface area contributed by atoms with Gasteiger partial charge >= 0.3 is 0 Å². The van der Waals surface area contributed by atoms with Crippen LogP contribution < -0.4 is 5.32 Å². The van der Waals surface area contributed by atoms with Gasteiger partial charge in [0.05, 0.1) is 0 Å². The second kappa shape index (κ2) is 9.73. The zero-order valence-electron chi connectivity index (χ0n) is 18.3. The molecule has 0 aliphatic carbocycles. The number of fused-ring (bicyclic) bond motifs is 1. The van der Waals surface area contributed by atoms with Gasteiger partial charge in [0.25, 0.3) is 5.91 Å². The minimum atomic E-state index is -0.169. The van der Waals surface area contributed by atoms with Gasteiger partial charge in [-0.3, -0.25) is 19.1 Å². The number of likely N-dealkylation sites (tertiary alicyclic amines) is 1. The molecule has 170 valence electrons. The van der Waals surface area contributed by atoms with Crippen LogP contribution in [-0.2, 0) is 36.1 Å². The van der Waals surface area contributed by atoms with Crippen molar-refractivity contribution < 1.29 is 14.4 Å². The highest BCUT2D eigenvalue weighted by molar-refractivity contribution is 6.30. The molecule has 2 aromatic rings. The van der Waals surface area contributed by atoms with Crippen molar-refractivity contribution in [2.24, 2.45) is 7.05 Å². The Morgan fingerprint density at radius 3 is 2.47 bits per heavy atom. The maximum absolute atomic E-state index is 12.9. The minimum absolute atomic E-state index is 0.0461. The topological polar surface area (TPSA) is 87.5 Å².